The second kappa shape index (κ2) is 10.1. The molecule has 2 heterocycles. The van der Waals surface area contributed by atoms with Gasteiger partial charge in [-0.15, -0.1) is 0 Å². The molecule has 1 fully saturated rings. The quantitative estimate of drug-likeness (QED) is 0.210. The fourth-order valence-electron chi connectivity index (χ4n) is 4.97. The van der Waals surface area contributed by atoms with Crippen molar-refractivity contribution in [3.63, 3.8) is 0 Å². The summed E-state index contributed by atoms with van der Waals surface area (Å²) in [5.74, 6) is -2.39. The Labute approximate surface area is 214 Å². The smallest absolute Gasteiger partial charge is 0.352 e. The van der Waals surface area contributed by atoms with E-state index >= 15 is 4.39 Å². The highest BCUT2D eigenvalue weighted by Gasteiger charge is 2.63. The van der Waals surface area contributed by atoms with E-state index in [0.717, 1.165) is 14.9 Å². The molecule has 1 aliphatic heterocycles. The molecule has 4 rings (SSSR count). The van der Waals surface area contributed by atoms with Crippen LogP contribution < -0.4 is 21.8 Å². The normalized spacial score (nSPS) is 24.0. The van der Waals surface area contributed by atoms with Gasteiger partial charge in [-0.2, -0.15) is 4.98 Å². The summed E-state index contributed by atoms with van der Waals surface area (Å²) >= 11 is 0. The zero-order valence-electron chi connectivity index (χ0n) is 20.7. The zero-order chi connectivity index (χ0) is 26.8. The monoisotopic (exact) mass is 524 g/mol. The number of benzene rings is 2. The number of alkyl halides is 1. The van der Waals surface area contributed by atoms with Crippen molar-refractivity contribution in [2.45, 2.75) is 50.0 Å². The number of hydrogen-bond donors (Lipinski definition) is 2. The Hall–Kier alpha value is -3.54. The number of anilines is 1. The number of nitrogens with two attached hydrogens (primary N) is 1. The van der Waals surface area contributed by atoms with E-state index in [4.69, 9.17) is 14.9 Å². The first-order valence-corrected chi connectivity index (χ1v) is 13.6. The van der Waals surface area contributed by atoms with Crippen LogP contribution in [0.1, 0.15) is 20.8 Å². The van der Waals surface area contributed by atoms with Gasteiger partial charge in [-0.3, -0.25) is 4.57 Å². The highest BCUT2D eigenvalue weighted by atomic mass is 28.4. The minimum atomic E-state index is -3.42. The summed E-state index contributed by atoms with van der Waals surface area (Å²) in [5, 5.41) is 14.8. The molecule has 0 amide bonds. The van der Waals surface area contributed by atoms with Crippen molar-refractivity contribution in [1.82, 2.24) is 9.55 Å². The number of azide groups is 1. The predicted octanol–water partition coefficient (Wildman–Crippen LogP) is 2.42. The number of halogens is 1. The lowest BCUT2D eigenvalue weighted by atomic mass is 10.1. The molecule has 10 nitrogen and oxygen atoms in total. The van der Waals surface area contributed by atoms with E-state index in [9.17, 15) is 15.4 Å². The van der Waals surface area contributed by atoms with Crippen molar-refractivity contribution < 1.29 is 18.7 Å². The van der Waals surface area contributed by atoms with Gasteiger partial charge in [0.2, 0.25) is 0 Å². The zero-order valence-corrected chi connectivity index (χ0v) is 21.7. The van der Waals surface area contributed by atoms with Crippen LogP contribution >= 0.6 is 0 Å². The average molecular weight is 525 g/mol. The van der Waals surface area contributed by atoms with Gasteiger partial charge < -0.3 is 20.0 Å². The van der Waals surface area contributed by atoms with E-state index in [2.05, 4.69) is 15.0 Å². The Kier molecular flexibility index (Phi) is 7.22. The third-order valence-electron chi connectivity index (χ3n) is 6.60. The Morgan fingerprint density at radius 1 is 1.19 bits per heavy atom. The van der Waals surface area contributed by atoms with Crippen LogP contribution in [0.5, 0.6) is 0 Å². The first-order valence-electron chi connectivity index (χ1n) is 11.7. The molecule has 37 heavy (non-hydrogen) atoms. The summed E-state index contributed by atoms with van der Waals surface area (Å²) in [5.41, 5.74) is 14.3. The summed E-state index contributed by atoms with van der Waals surface area (Å²) in [4.78, 5) is 19.5. The first-order chi connectivity index (χ1) is 17.6. The Morgan fingerprint density at radius 3 is 2.22 bits per heavy atom. The lowest BCUT2D eigenvalue weighted by Crippen LogP contribution is -2.70. The van der Waals surface area contributed by atoms with Gasteiger partial charge in [-0.25, -0.2) is 9.18 Å². The molecule has 12 heteroatoms. The Morgan fingerprint density at radius 2 is 1.76 bits per heavy atom. The van der Waals surface area contributed by atoms with Gasteiger partial charge in [0.05, 0.1) is 6.61 Å². The molecule has 4 atom stereocenters. The lowest BCUT2D eigenvalue weighted by Gasteiger charge is -2.46. The number of nitrogen functional groups attached to an aromatic ring is 1. The fourth-order valence-corrected chi connectivity index (χ4v) is 9.64. The van der Waals surface area contributed by atoms with Crippen LogP contribution in [-0.4, -0.2) is 48.0 Å². The number of hydrogen-bond acceptors (Lipinski definition) is 7. The van der Waals surface area contributed by atoms with Crippen LogP contribution in [0.15, 0.2) is 82.8 Å². The van der Waals surface area contributed by atoms with E-state index in [1.165, 1.54) is 12.3 Å². The summed E-state index contributed by atoms with van der Waals surface area (Å²) < 4.78 is 29.8. The minimum absolute atomic E-state index is 0.0738. The second-order valence-corrected chi connectivity index (χ2v) is 14.1. The van der Waals surface area contributed by atoms with Crippen molar-refractivity contribution in [1.29, 1.82) is 0 Å². The molecule has 0 aliphatic carbocycles. The van der Waals surface area contributed by atoms with Crippen LogP contribution in [0.2, 0.25) is 5.04 Å². The van der Waals surface area contributed by atoms with Crippen molar-refractivity contribution in [3.8, 4) is 0 Å². The molecule has 2 aromatic carbocycles. The molecule has 0 bridgehead atoms. The molecule has 1 aromatic heterocycles. The maximum absolute atomic E-state index is 16.2. The molecule has 194 valence electrons. The predicted molar refractivity (Wildman–Crippen MR) is 139 cm³/mol. The number of aliphatic hydroxyl groups excluding tert-OH is 1. The van der Waals surface area contributed by atoms with Crippen molar-refractivity contribution in [2.24, 2.45) is 5.11 Å². The number of ether oxygens (including phenoxy) is 1. The van der Waals surface area contributed by atoms with E-state index in [-0.39, 0.29) is 5.82 Å². The highest BCUT2D eigenvalue weighted by Crippen LogP contribution is 2.45. The largest absolute Gasteiger partial charge is 0.396 e. The van der Waals surface area contributed by atoms with Crippen LogP contribution in [0.25, 0.3) is 10.4 Å². The van der Waals surface area contributed by atoms with Crippen LogP contribution in [0, 0.1) is 0 Å². The number of aliphatic hydroxyl groups is 1. The molecule has 1 saturated heterocycles. The molecule has 0 radical (unpaired) electrons. The molecule has 3 aromatic rings. The highest BCUT2D eigenvalue weighted by molar-refractivity contribution is 6.99. The third-order valence-corrected chi connectivity index (χ3v) is 11.6. The van der Waals surface area contributed by atoms with E-state index in [1.807, 2.05) is 81.4 Å². The number of nitrogens with zero attached hydrogens (tertiary/aromatic N) is 5. The summed E-state index contributed by atoms with van der Waals surface area (Å²) in [6.45, 7) is 5.26. The van der Waals surface area contributed by atoms with Gasteiger partial charge in [0.25, 0.3) is 14.2 Å². The van der Waals surface area contributed by atoms with E-state index in [1.54, 1.807) is 0 Å². The molecule has 0 unspecified atom stereocenters. The van der Waals surface area contributed by atoms with Gasteiger partial charge in [-0.05, 0) is 32.1 Å². The molecule has 0 saturated carbocycles. The summed E-state index contributed by atoms with van der Waals surface area (Å²) in [6.07, 6.45) is -3.79. The topological polar surface area (TPSA) is 148 Å². The lowest BCUT2D eigenvalue weighted by molar-refractivity contribution is -0.141. The van der Waals surface area contributed by atoms with Gasteiger partial charge >= 0.3 is 5.69 Å². The van der Waals surface area contributed by atoms with Gasteiger partial charge in [0.15, 0.2) is 6.17 Å². The number of rotatable bonds is 7. The van der Waals surface area contributed by atoms with Crippen LogP contribution in [0.3, 0.4) is 0 Å². The standard InChI is InChI=1S/C25H29FN6O4Si/c1-24(2,3)37(17-10-6-4-7-11-17,18-12-8-5-9-13-18)36-22-21(26)19(16-33)35-25(22,30-31-28)32-15-14-20(27)29-23(32)34/h4-15,19,21-22,33H,16H2,1-3H3,(H2,27,29,34)/t19-,21+,22-,25+/m1/s1. The minimum Gasteiger partial charge on any atom is -0.396 e. The first kappa shape index (κ1) is 26.5. The third kappa shape index (κ3) is 4.43. The molecular weight excluding hydrogens is 495 g/mol. The maximum Gasteiger partial charge on any atom is 0.352 e. The second-order valence-electron chi connectivity index (χ2n) is 9.84. The Bertz CT molecular complexity index is 1310. The van der Waals surface area contributed by atoms with E-state index < -0.39 is 49.9 Å². The molecular formula is C25H29FN6O4Si. The van der Waals surface area contributed by atoms with Gasteiger partial charge in [0, 0.05) is 11.1 Å². The molecule has 0 spiro atoms. The Balaban J connectivity index is 2.03. The van der Waals surface area contributed by atoms with Crippen LogP contribution in [-0.2, 0) is 15.0 Å². The number of aromatic nitrogens is 2. The SMILES string of the molecule is CC(C)(C)[Si](O[C@@H]1[C@@H](F)[C@@H](CO)O[C@@]1(N=[N+]=[N-])n1ccc(N)nc1=O)(c1ccccc1)c1ccccc1. The molecule has 3 N–H and O–H groups in total. The summed E-state index contributed by atoms with van der Waals surface area (Å²) in [7, 11) is -3.42. The average Bonchev–Trinajstić information content (AvgIpc) is 3.13. The maximum atomic E-state index is 16.2. The van der Waals surface area contributed by atoms with Crippen molar-refractivity contribution in [2.75, 3.05) is 12.3 Å². The van der Waals surface area contributed by atoms with Crippen molar-refractivity contribution >= 4 is 24.5 Å². The molecule has 1 aliphatic rings. The van der Waals surface area contributed by atoms with E-state index in [0.29, 0.717) is 0 Å². The van der Waals surface area contributed by atoms with Crippen LogP contribution in [0.4, 0.5) is 10.2 Å². The summed E-state index contributed by atoms with van der Waals surface area (Å²) in [6, 6.07) is 20.2. The van der Waals surface area contributed by atoms with Gasteiger partial charge in [0.1, 0.15) is 18.0 Å². The fraction of sp³-hybridized carbons (Fsp3) is 0.360. The van der Waals surface area contributed by atoms with Gasteiger partial charge in [-0.1, -0.05) is 81.4 Å². The van der Waals surface area contributed by atoms with Crippen molar-refractivity contribution in [3.05, 3.63) is 93.9 Å².